The Labute approximate surface area is 292 Å². The normalized spacial score (nSPS) is 11.6. The molecule has 4 nitrogen and oxygen atoms in total. The first-order valence-electron chi connectivity index (χ1n) is 16.7. The van der Waals surface area contributed by atoms with Crippen molar-refractivity contribution in [1.29, 1.82) is 0 Å². The van der Waals surface area contributed by atoms with Crippen LogP contribution in [-0.2, 0) is 0 Å². The van der Waals surface area contributed by atoms with E-state index in [1.807, 2.05) is 60.7 Å². The van der Waals surface area contributed by atoms with Gasteiger partial charge in [-0.2, -0.15) is 0 Å². The van der Waals surface area contributed by atoms with E-state index in [9.17, 15) is 0 Å². The quantitative estimate of drug-likeness (QED) is 0.185. The van der Waals surface area contributed by atoms with Crippen molar-refractivity contribution in [3.05, 3.63) is 170 Å². The average Bonchev–Trinajstić information content (AvgIpc) is 3.74. The highest BCUT2D eigenvalue weighted by Crippen LogP contribution is 2.43. The molecule has 0 aliphatic carbocycles. The van der Waals surface area contributed by atoms with Crippen LogP contribution < -0.4 is 0 Å². The van der Waals surface area contributed by atoms with Gasteiger partial charge in [0.25, 0.3) is 0 Å². The van der Waals surface area contributed by atoms with Crippen LogP contribution in [0.15, 0.2) is 170 Å². The van der Waals surface area contributed by atoms with Gasteiger partial charge < -0.3 is 4.57 Å². The average molecular weight is 657 g/mol. The highest BCUT2D eigenvalue weighted by molar-refractivity contribution is 7.26. The Morgan fingerprint density at radius 2 is 0.980 bits per heavy atom. The molecule has 0 aliphatic rings. The monoisotopic (exact) mass is 656 g/mol. The molecular formula is C45H28N4S. The first-order chi connectivity index (χ1) is 24.8. The summed E-state index contributed by atoms with van der Waals surface area (Å²) in [6.07, 6.45) is 0. The van der Waals surface area contributed by atoms with Crippen LogP contribution in [0.25, 0.3) is 93.0 Å². The summed E-state index contributed by atoms with van der Waals surface area (Å²) >= 11 is 1.80. The van der Waals surface area contributed by atoms with Crippen molar-refractivity contribution in [2.24, 2.45) is 0 Å². The lowest BCUT2D eigenvalue weighted by molar-refractivity contribution is 1.08. The van der Waals surface area contributed by atoms with E-state index in [0.29, 0.717) is 17.5 Å². The molecule has 10 rings (SSSR count). The third-order valence-electron chi connectivity index (χ3n) is 9.46. The van der Waals surface area contributed by atoms with Gasteiger partial charge in [-0.15, -0.1) is 11.3 Å². The Hall–Kier alpha value is -6.43. The zero-order valence-electron chi connectivity index (χ0n) is 26.9. The molecule has 0 N–H and O–H groups in total. The molecule has 0 saturated heterocycles. The lowest BCUT2D eigenvalue weighted by Crippen LogP contribution is -2.00. The summed E-state index contributed by atoms with van der Waals surface area (Å²) in [6.45, 7) is 0. The number of thiophene rings is 1. The first kappa shape index (κ1) is 28.6. The summed E-state index contributed by atoms with van der Waals surface area (Å²) in [6, 6.07) is 59.7. The predicted octanol–water partition coefficient (Wildman–Crippen LogP) is 12.0. The Morgan fingerprint density at radius 1 is 0.400 bits per heavy atom. The molecule has 7 aromatic carbocycles. The molecule has 0 radical (unpaired) electrons. The lowest BCUT2D eigenvalue weighted by Gasteiger charge is -2.11. The van der Waals surface area contributed by atoms with E-state index >= 15 is 0 Å². The number of hydrogen-bond acceptors (Lipinski definition) is 4. The summed E-state index contributed by atoms with van der Waals surface area (Å²) in [5, 5.41) is 4.93. The maximum atomic E-state index is 5.06. The summed E-state index contributed by atoms with van der Waals surface area (Å²) in [5.41, 5.74) is 8.90. The van der Waals surface area contributed by atoms with Gasteiger partial charge in [0.2, 0.25) is 0 Å². The predicted molar refractivity (Wildman–Crippen MR) is 209 cm³/mol. The highest BCUT2D eigenvalue weighted by Gasteiger charge is 2.19. The Morgan fingerprint density at radius 3 is 1.70 bits per heavy atom. The maximum absolute atomic E-state index is 5.06. The first-order valence-corrected chi connectivity index (χ1v) is 17.5. The van der Waals surface area contributed by atoms with Crippen molar-refractivity contribution >= 4 is 53.3 Å². The second kappa shape index (κ2) is 11.6. The summed E-state index contributed by atoms with van der Waals surface area (Å²) in [4.78, 5) is 15.0. The number of hydrogen-bond donors (Lipinski definition) is 0. The Balaban J connectivity index is 1.17. The molecule has 3 aromatic heterocycles. The minimum atomic E-state index is 0.664. The molecule has 3 heterocycles. The molecule has 0 saturated carbocycles. The van der Waals surface area contributed by atoms with E-state index in [1.54, 1.807) is 11.3 Å². The third-order valence-corrected chi connectivity index (χ3v) is 10.7. The third kappa shape index (κ3) is 4.63. The summed E-state index contributed by atoms with van der Waals surface area (Å²) in [5.74, 6) is 2.00. The molecular weight excluding hydrogens is 629 g/mol. The topological polar surface area (TPSA) is 43.6 Å². The second-order valence-electron chi connectivity index (χ2n) is 12.4. The molecule has 10 aromatic rings. The lowest BCUT2D eigenvalue weighted by atomic mass is 10.00. The highest BCUT2D eigenvalue weighted by atomic mass is 32.1. The van der Waals surface area contributed by atoms with Crippen molar-refractivity contribution in [3.63, 3.8) is 0 Å². The van der Waals surface area contributed by atoms with Gasteiger partial charge >= 0.3 is 0 Å². The number of rotatable bonds is 5. The zero-order valence-corrected chi connectivity index (χ0v) is 27.7. The fourth-order valence-corrected chi connectivity index (χ4v) is 8.42. The molecule has 0 aliphatic heterocycles. The van der Waals surface area contributed by atoms with Crippen molar-refractivity contribution in [2.75, 3.05) is 0 Å². The van der Waals surface area contributed by atoms with E-state index in [0.717, 1.165) is 22.4 Å². The van der Waals surface area contributed by atoms with Crippen molar-refractivity contribution < 1.29 is 0 Å². The Kier molecular flexibility index (Phi) is 6.64. The molecule has 0 amide bonds. The molecule has 234 valence electrons. The largest absolute Gasteiger partial charge is 0.309 e. The van der Waals surface area contributed by atoms with Gasteiger partial charge in [-0.3, -0.25) is 0 Å². The number of benzene rings is 7. The van der Waals surface area contributed by atoms with E-state index in [-0.39, 0.29) is 0 Å². The van der Waals surface area contributed by atoms with Crippen LogP contribution in [0.2, 0.25) is 0 Å². The smallest absolute Gasteiger partial charge is 0.165 e. The Bertz CT molecular complexity index is 2800. The van der Waals surface area contributed by atoms with E-state index in [4.69, 9.17) is 15.0 Å². The standard InChI is InChI=1S/C45H28N4S/c1-4-14-29(15-5-1)43-46-44(30-16-6-2-7-17-30)48-45(47-43)38-24-13-23-37-35-27-26-31(28-40(35)50-42(37)38)33-21-12-22-36-34-20-10-11-25-39(34)49(41(33)36)32-18-8-3-9-19-32/h1-28H. The van der Waals surface area contributed by atoms with Crippen molar-refractivity contribution in [2.45, 2.75) is 0 Å². The maximum Gasteiger partial charge on any atom is 0.165 e. The number of fused-ring (bicyclic) bond motifs is 6. The fraction of sp³-hybridized carbons (Fsp3) is 0. The van der Waals surface area contributed by atoms with Crippen LogP contribution in [0.4, 0.5) is 0 Å². The molecule has 0 atom stereocenters. The van der Waals surface area contributed by atoms with E-state index in [1.165, 1.54) is 53.1 Å². The van der Waals surface area contributed by atoms with Gasteiger partial charge in [0, 0.05) is 58.9 Å². The van der Waals surface area contributed by atoms with Gasteiger partial charge in [-0.25, -0.2) is 15.0 Å². The van der Waals surface area contributed by atoms with Gasteiger partial charge in [0.1, 0.15) is 0 Å². The van der Waals surface area contributed by atoms with Crippen molar-refractivity contribution in [1.82, 2.24) is 19.5 Å². The minimum absolute atomic E-state index is 0.664. The van der Waals surface area contributed by atoms with E-state index in [2.05, 4.69) is 114 Å². The molecule has 0 bridgehead atoms. The van der Waals surface area contributed by atoms with Gasteiger partial charge in [-0.1, -0.05) is 140 Å². The number of para-hydroxylation sites is 3. The van der Waals surface area contributed by atoms with Crippen LogP contribution in [-0.4, -0.2) is 19.5 Å². The molecule has 0 unspecified atom stereocenters. The van der Waals surface area contributed by atoms with Crippen LogP contribution in [0.3, 0.4) is 0 Å². The van der Waals surface area contributed by atoms with Crippen LogP contribution in [0.1, 0.15) is 0 Å². The van der Waals surface area contributed by atoms with E-state index < -0.39 is 0 Å². The minimum Gasteiger partial charge on any atom is -0.309 e. The molecule has 5 heteroatoms. The fourth-order valence-electron chi connectivity index (χ4n) is 7.17. The zero-order chi connectivity index (χ0) is 33.0. The van der Waals surface area contributed by atoms with Crippen molar-refractivity contribution in [3.8, 4) is 51.0 Å². The van der Waals surface area contributed by atoms with Gasteiger partial charge in [0.15, 0.2) is 17.5 Å². The second-order valence-corrected chi connectivity index (χ2v) is 13.5. The van der Waals surface area contributed by atoms with Gasteiger partial charge in [-0.05, 0) is 35.9 Å². The van der Waals surface area contributed by atoms with Crippen LogP contribution in [0, 0.1) is 0 Å². The van der Waals surface area contributed by atoms with Crippen LogP contribution >= 0.6 is 11.3 Å². The molecule has 0 fully saturated rings. The number of aromatic nitrogens is 4. The molecule has 0 spiro atoms. The summed E-state index contributed by atoms with van der Waals surface area (Å²) < 4.78 is 4.80. The molecule has 50 heavy (non-hydrogen) atoms. The van der Waals surface area contributed by atoms with Gasteiger partial charge in [0.05, 0.1) is 11.0 Å². The summed E-state index contributed by atoms with van der Waals surface area (Å²) in [7, 11) is 0. The number of nitrogens with zero attached hydrogens (tertiary/aromatic N) is 4. The van der Waals surface area contributed by atoms with Crippen LogP contribution in [0.5, 0.6) is 0 Å². The SMILES string of the molecule is c1ccc(-c2nc(-c3ccccc3)nc(-c3cccc4c3sc3cc(-c5cccc6c7ccccc7n(-c7ccccc7)c56)ccc34)n2)cc1.